The second-order valence-electron chi connectivity index (χ2n) is 4.64. The van der Waals surface area contributed by atoms with Gasteiger partial charge in [0.15, 0.2) is 0 Å². The van der Waals surface area contributed by atoms with Crippen LogP contribution in [-0.2, 0) is 0 Å². The van der Waals surface area contributed by atoms with Crippen molar-refractivity contribution in [2.24, 2.45) is 0 Å². The first kappa shape index (κ1) is 12.9. The van der Waals surface area contributed by atoms with Gasteiger partial charge in [-0.25, -0.2) is 0 Å². The highest BCUT2D eigenvalue weighted by Crippen LogP contribution is 2.31. The minimum atomic E-state index is 0.323. The quantitative estimate of drug-likeness (QED) is 0.677. The van der Waals surface area contributed by atoms with Gasteiger partial charge in [-0.1, -0.05) is 23.7 Å². The van der Waals surface area contributed by atoms with Crippen LogP contribution in [0.25, 0.3) is 5.78 Å². The summed E-state index contributed by atoms with van der Waals surface area (Å²) in [4.78, 5) is 8.10. The van der Waals surface area contributed by atoms with Gasteiger partial charge < -0.3 is 4.74 Å². The smallest absolute Gasteiger partial charge is 0.256 e. The van der Waals surface area contributed by atoms with Crippen LogP contribution in [0.1, 0.15) is 16.7 Å². The second kappa shape index (κ2) is 4.76. The van der Waals surface area contributed by atoms with E-state index in [-0.39, 0.29) is 0 Å². The van der Waals surface area contributed by atoms with Crippen molar-refractivity contribution in [1.29, 1.82) is 0 Å². The zero-order valence-electron chi connectivity index (χ0n) is 11.4. The predicted octanol–water partition coefficient (Wildman–Crippen LogP) is 3.50. The molecule has 102 valence electrons. The van der Waals surface area contributed by atoms with Crippen LogP contribution < -0.4 is 4.74 Å². The van der Waals surface area contributed by atoms with Crippen molar-refractivity contribution in [3.05, 3.63) is 46.4 Å². The van der Waals surface area contributed by atoms with E-state index in [4.69, 9.17) is 16.3 Å². The number of hydrogen-bond acceptors (Lipinski definition) is 4. The van der Waals surface area contributed by atoms with Crippen LogP contribution in [0.5, 0.6) is 11.6 Å². The molecule has 2 heterocycles. The number of nitrogens with zero attached hydrogens (tertiary/aromatic N) is 4. The molecule has 0 radical (unpaired) electrons. The Morgan fingerprint density at radius 1 is 1.15 bits per heavy atom. The highest BCUT2D eigenvalue weighted by Gasteiger charge is 2.12. The molecule has 3 aromatic rings. The van der Waals surface area contributed by atoms with Crippen LogP contribution in [0.2, 0.25) is 5.15 Å². The van der Waals surface area contributed by atoms with Crippen LogP contribution in [0.4, 0.5) is 0 Å². The maximum atomic E-state index is 6.01. The van der Waals surface area contributed by atoms with Gasteiger partial charge in [-0.3, -0.25) is 0 Å². The Morgan fingerprint density at radius 3 is 2.70 bits per heavy atom. The molecule has 0 saturated heterocycles. The average Bonchev–Trinajstić information content (AvgIpc) is 2.87. The molecule has 3 rings (SSSR count). The molecule has 0 aliphatic carbocycles. The van der Waals surface area contributed by atoms with E-state index in [9.17, 15) is 0 Å². The fraction of sp³-hybridized carbons (Fsp3) is 0.214. The summed E-state index contributed by atoms with van der Waals surface area (Å²) in [6.07, 6.45) is 1.42. The zero-order chi connectivity index (χ0) is 14.3. The molecule has 0 N–H and O–H groups in total. The molecule has 0 unspecified atom stereocenters. The first-order valence-corrected chi connectivity index (χ1v) is 6.55. The maximum absolute atomic E-state index is 6.01. The number of fused-ring (bicyclic) bond motifs is 1. The van der Waals surface area contributed by atoms with Gasteiger partial charge >= 0.3 is 0 Å². The molecule has 0 saturated carbocycles. The zero-order valence-corrected chi connectivity index (χ0v) is 12.1. The molecular formula is C14H13ClN4O. The van der Waals surface area contributed by atoms with Gasteiger partial charge in [-0.2, -0.15) is 19.6 Å². The SMILES string of the molecule is Cc1ccc(C)c(Oc2cc(Cl)nc3ncnn23)c1C. The summed E-state index contributed by atoms with van der Waals surface area (Å²) < 4.78 is 7.53. The lowest BCUT2D eigenvalue weighted by atomic mass is 10.1. The van der Waals surface area contributed by atoms with Crippen molar-refractivity contribution in [2.75, 3.05) is 0 Å². The van der Waals surface area contributed by atoms with Crippen LogP contribution in [0.15, 0.2) is 24.5 Å². The van der Waals surface area contributed by atoms with Crippen LogP contribution in [0.3, 0.4) is 0 Å². The van der Waals surface area contributed by atoms with Gasteiger partial charge in [0.1, 0.15) is 17.2 Å². The van der Waals surface area contributed by atoms with Crippen molar-refractivity contribution in [3.63, 3.8) is 0 Å². The third-order valence-corrected chi connectivity index (χ3v) is 3.46. The molecule has 0 fully saturated rings. The number of benzene rings is 1. The molecule has 5 nitrogen and oxygen atoms in total. The van der Waals surface area contributed by atoms with Gasteiger partial charge in [0.2, 0.25) is 5.88 Å². The topological polar surface area (TPSA) is 52.3 Å². The fourth-order valence-corrected chi connectivity index (χ4v) is 2.19. The summed E-state index contributed by atoms with van der Waals surface area (Å²) in [6.45, 7) is 6.08. The molecule has 0 atom stereocenters. The predicted molar refractivity (Wildman–Crippen MR) is 76.5 cm³/mol. The number of hydrogen-bond donors (Lipinski definition) is 0. The van der Waals surface area contributed by atoms with Crippen molar-refractivity contribution in [2.45, 2.75) is 20.8 Å². The molecule has 0 aliphatic rings. The summed E-state index contributed by atoms with van der Waals surface area (Å²) >= 11 is 5.99. The standard InChI is InChI=1S/C14H13ClN4O/c1-8-4-5-9(2)13(10(8)3)20-12-6-11(15)18-14-16-7-17-19(12)14/h4-7H,1-3H3. The Bertz CT molecular complexity index is 797. The Labute approximate surface area is 121 Å². The lowest BCUT2D eigenvalue weighted by Crippen LogP contribution is -2.00. The molecule has 0 aliphatic heterocycles. The average molecular weight is 289 g/mol. The maximum Gasteiger partial charge on any atom is 0.256 e. The van der Waals surface area contributed by atoms with E-state index in [0.717, 1.165) is 16.9 Å². The summed E-state index contributed by atoms with van der Waals surface area (Å²) in [5, 5.41) is 4.42. The largest absolute Gasteiger partial charge is 0.438 e. The second-order valence-corrected chi connectivity index (χ2v) is 5.03. The van der Waals surface area contributed by atoms with Gasteiger partial charge in [-0.15, -0.1) is 0 Å². The molecule has 0 bridgehead atoms. The lowest BCUT2D eigenvalue weighted by molar-refractivity contribution is 0.439. The normalized spacial score (nSPS) is 11.0. The highest BCUT2D eigenvalue weighted by atomic mass is 35.5. The third kappa shape index (κ3) is 2.10. The van der Waals surface area contributed by atoms with Gasteiger partial charge in [0.25, 0.3) is 5.78 Å². The molecular weight excluding hydrogens is 276 g/mol. The Morgan fingerprint density at radius 2 is 1.90 bits per heavy atom. The summed E-state index contributed by atoms with van der Waals surface area (Å²) in [7, 11) is 0. The number of halogens is 1. The third-order valence-electron chi connectivity index (χ3n) is 3.27. The van der Waals surface area contributed by atoms with E-state index in [1.54, 1.807) is 6.07 Å². The monoisotopic (exact) mass is 288 g/mol. The lowest BCUT2D eigenvalue weighted by Gasteiger charge is -2.14. The van der Waals surface area contributed by atoms with Crippen LogP contribution >= 0.6 is 11.6 Å². The molecule has 0 spiro atoms. The highest BCUT2D eigenvalue weighted by molar-refractivity contribution is 6.29. The molecule has 0 amide bonds. The van der Waals surface area contributed by atoms with Crippen molar-refractivity contribution in [1.82, 2.24) is 19.6 Å². The number of aryl methyl sites for hydroxylation is 2. The minimum absolute atomic E-state index is 0.323. The Balaban J connectivity index is 2.14. The van der Waals surface area contributed by atoms with Crippen LogP contribution in [0, 0.1) is 20.8 Å². The van der Waals surface area contributed by atoms with E-state index in [2.05, 4.69) is 21.1 Å². The first-order valence-electron chi connectivity index (χ1n) is 6.17. The summed E-state index contributed by atoms with van der Waals surface area (Å²) in [5.74, 6) is 1.72. The summed E-state index contributed by atoms with van der Waals surface area (Å²) in [5.41, 5.74) is 3.31. The van der Waals surface area contributed by atoms with E-state index in [1.807, 2.05) is 26.8 Å². The van der Waals surface area contributed by atoms with Crippen molar-refractivity contribution < 1.29 is 4.74 Å². The van der Waals surface area contributed by atoms with Crippen molar-refractivity contribution in [3.8, 4) is 11.6 Å². The molecule has 6 heteroatoms. The summed E-state index contributed by atoms with van der Waals surface area (Å²) in [6, 6.07) is 5.73. The molecule has 2 aromatic heterocycles. The van der Waals surface area contributed by atoms with E-state index in [1.165, 1.54) is 16.4 Å². The van der Waals surface area contributed by atoms with E-state index >= 15 is 0 Å². The van der Waals surface area contributed by atoms with Crippen LogP contribution in [-0.4, -0.2) is 19.6 Å². The minimum Gasteiger partial charge on any atom is -0.438 e. The van der Waals surface area contributed by atoms with Gasteiger partial charge in [-0.05, 0) is 37.5 Å². The van der Waals surface area contributed by atoms with Gasteiger partial charge in [0, 0.05) is 6.07 Å². The van der Waals surface area contributed by atoms with E-state index in [0.29, 0.717) is 16.8 Å². The first-order chi connectivity index (χ1) is 9.56. The van der Waals surface area contributed by atoms with Crippen molar-refractivity contribution >= 4 is 17.4 Å². The fourth-order valence-electron chi connectivity index (χ4n) is 2.02. The number of ether oxygens (including phenoxy) is 1. The Kier molecular flexibility index (Phi) is 3.06. The van der Waals surface area contributed by atoms with Gasteiger partial charge in [0.05, 0.1) is 0 Å². The van der Waals surface area contributed by atoms with E-state index < -0.39 is 0 Å². The number of aromatic nitrogens is 4. The number of rotatable bonds is 2. The molecule has 20 heavy (non-hydrogen) atoms. The molecule has 1 aromatic carbocycles. The Hall–Kier alpha value is -2.14.